The number of aromatic nitrogens is 3. The van der Waals surface area contributed by atoms with Gasteiger partial charge in [0, 0.05) is 23.7 Å². The highest BCUT2D eigenvalue weighted by atomic mass is 16.1. The third-order valence-electron chi connectivity index (χ3n) is 1.86. The van der Waals surface area contributed by atoms with E-state index in [9.17, 15) is 4.79 Å². The molecule has 70 valence electrons. The van der Waals surface area contributed by atoms with Crippen LogP contribution in [0.1, 0.15) is 5.69 Å². The first-order valence-electron chi connectivity index (χ1n) is 4.24. The molecule has 2 aromatic heterocycles. The Kier molecular flexibility index (Phi) is 2.10. The van der Waals surface area contributed by atoms with Gasteiger partial charge in [0.2, 0.25) is 0 Å². The van der Waals surface area contributed by atoms with E-state index >= 15 is 0 Å². The van der Waals surface area contributed by atoms with Gasteiger partial charge in [-0.1, -0.05) is 0 Å². The highest BCUT2D eigenvalue weighted by molar-refractivity contribution is 5.57. The van der Waals surface area contributed by atoms with E-state index in [4.69, 9.17) is 0 Å². The third kappa shape index (κ3) is 1.69. The number of pyridine rings is 1. The van der Waals surface area contributed by atoms with E-state index < -0.39 is 0 Å². The first kappa shape index (κ1) is 8.62. The van der Waals surface area contributed by atoms with Crippen molar-refractivity contribution in [3.63, 3.8) is 0 Å². The molecule has 2 aromatic rings. The lowest BCUT2D eigenvalue weighted by molar-refractivity contribution is 1.03. The molecule has 1 N–H and O–H groups in total. The van der Waals surface area contributed by atoms with E-state index in [1.54, 1.807) is 12.4 Å². The van der Waals surface area contributed by atoms with Gasteiger partial charge < -0.3 is 4.98 Å². The number of nitrogens with one attached hydrogen (secondary N) is 1. The molecule has 4 heteroatoms. The van der Waals surface area contributed by atoms with Crippen LogP contribution in [0.25, 0.3) is 11.3 Å². The van der Waals surface area contributed by atoms with Crippen LogP contribution in [0.3, 0.4) is 0 Å². The van der Waals surface area contributed by atoms with Crippen LogP contribution >= 0.6 is 0 Å². The molecule has 0 saturated heterocycles. The molecule has 0 unspecified atom stereocenters. The number of aryl methyl sites for hydroxylation is 1. The van der Waals surface area contributed by atoms with Crippen LogP contribution in [0.4, 0.5) is 0 Å². The molecular weight excluding hydrogens is 178 g/mol. The lowest BCUT2D eigenvalue weighted by Crippen LogP contribution is -2.11. The lowest BCUT2D eigenvalue weighted by Gasteiger charge is -1.99. The third-order valence-corrected chi connectivity index (χ3v) is 1.86. The summed E-state index contributed by atoms with van der Waals surface area (Å²) in [5.41, 5.74) is 2.05. The summed E-state index contributed by atoms with van der Waals surface area (Å²) in [6.45, 7) is 1.83. The number of H-pyrrole nitrogens is 1. The van der Waals surface area contributed by atoms with Gasteiger partial charge >= 0.3 is 5.69 Å². The summed E-state index contributed by atoms with van der Waals surface area (Å²) in [6.07, 6.45) is 3.35. The molecule has 0 saturated carbocycles. The van der Waals surface area contributed by atoms with Crippen molar-refractivity contribution in [1.29, 1.82) is 0 Å². The monoisotopic (exact) mass is 187 g/mol. The Labute approximate surface area is 80.7 Å². The van der Waals surface area contributed by atoms with Gasteiger partial charge in [-0.2, -0.15) is 4.98 Å². The van der Waals surface area contributed by atoms with Gasteiger partial charge in [-0.25, -0.2) is 4.79 Å². The first-order valence-corrected chi connectivity index (χ1v) is 4.24. The lowest BCUT2D eigenvalue weighted by atomic mass is 10.2. The van der Waals surface area contributed by atoms with E-state index in [2.05, 4.69) is 15.0 Å². The Balaban J connectivity index is 2.58. The van der Waals surface area contributed by atoms with Crippen LogP contribution in [0.5, 0.6) is 0 Å². The molecule has 0 radical (unpaired) electrons. The molecule has 0 amide bonds. The second-order valence-electron chi connectivity index (χ2n) is 2.99. The summed E-state index contributed by atoms with van der Waals surface area (Å²) in [5.74, 6) is 0. The van der Waals surface area contributed by atoms with E-state index in [0.717, 1.165) is 11.3 Å². The fourth-order valence-electron chi connectivity index (χ4n) is 1.25. The molecule has 2 rings (SSSR count). The Morgan fingerprint density at radius 2 is 2.00 bits per heavy atom. The summed E-state index contributed by atoms with van der Waals surface area (Å²) in [7, 11) is 0. The van der Waals surface area contributed by atoms with Crippen LogP contribution < -0.4 is 5.69 Å². The Morgan fingerprint density at radius 3 is 2.64 bits per heavy atom. The minimum Gasteiger partial charge on any atom is -0.310 e. The van der Waals surface area contributed by atoms with Gasteiger partial charge in [0.25, 0.3) is 0 Å². The van der Waals surface area contributed by atoms with E-state index in [1.165, 1.54) is 0 Å². The molecule has 0 fully saturated rings. The SMILES string of the molecule is Cc1cc(-c2ccncc2)nc(=O)[nH]1. The Bertz CT molecular complexity index is 490. The molecule has 0 aliphatic carbocycles. The summed E-state index contributed by atoms with van der Waals surface area (Å²) in [6, 6.07) is 5.47. The summed E-state index contributed by atoms with van der Waals surface area (Å²) >= 11 is 0. The molecule has 4 nitrogen and oxygen atoms in total. The first-order chi connectivity index (χ1) is 6.75. The van der Waals surface area contributed by atoms with Gasteiger partial charge in [-0.15, -0.1) is 0 Å². The van der Waals surface area contributed by atoms with Crippen molar-refractivity contribution < 1.29 is 0 Å². The van der Waals surface area contributed by atoms with Crippen molar-refractivity contribution in [3.05, 3.63) is 46.8 Å². The number of rotatable bonds is 1. The number of aromatic amines is 1. The minimum atomic E-state index is -0.322. The van der Waals surface area contributed by atoms with E-state index in [-0.39, 0.29) is 5.69 Å². The fourth-order valence-corrected chi connectivity index (χ4v) is 1.25. The van der Waals surface area contributed by atoms with Gasteiger partial charge in [0.1, 0.15) is 0 Å². The van der Waals surface area contributed by atoms with Crippen LogP contribution in [0.15, 0.2) is 35.4 Å². The van der Waals surface area contributed by atoms with Crippen molar-refractivity contribution >= 4 is 0 Å². The van der Waals surface area contributed by atoms with Crippen molar-refractivity contribution in [2.75, 3.05) is 0 Å². The molecule has 0 atom stereocenters. The molecule has 0 aromatic carbocycles. The van der Waals surface area contributed by atoms with Gasteiger partial charge in [0.05, 0.1) is 5.69 Å². The zero-order valence-corrected chi connectivity index (χ0v) is 7.69. The molecule has 14 heavy (non-hydrogen) atoms. The van der Waals surface area contributed by atoms with Crippen LogP contribution in [-0.4, -0.2) is 15.0 Å². The van der Waals surface area contributed by atoms with Gasteiger partial charge in [-0.05, 0) is 25.1 Å². The maximum Gasteiger partial charge on any atom is 0.345 e. The number of hydrogen-bond acceptors (Lipinski definition) is 3. The van der Waals surface area contributed by atoms with Crippen LogP contribution in [0.2, 0.25) is 0 Å². The number of nitrogens with zero attached hydrogens (tertiary/aromatic N) is 2. The highest BCUT2D eigenvalue weighted by Crippen LogP contribution is 2.13. The molecule has 0 bridgehead atoms. The highest BCUT2D eigenvalue weighted by Gasteiger charge is 2.00. The Hall–Kier alpha value is -1.97. The number of hydrogen-bond donors (Lipinski definition) is 1. The summed E-state index contributed by atoms with van der Waals surface area (Å²) in [5, 5.41) is 0. The molecule has 0 aliphatic rings. The molecule has 0 spiro atoms. The normalized spacial score (nSPS) is 10.1. The van der Waals surface area contributed by atoms with E-state index in [1.807, 2.05) is 25.1 Å². The fraction of sp³-hybridized carbons (Fsp3) is 0.100. The van der Waals surface area contributed by atoms with Crippen molar-refractivity contribution in [2.24, 2.45) is 0 Å². The molecule has 0 aliphatic heterocycles. The van der Waals surface area contributed by atoms with Gasteiger partial charge in [0.15, 0.2) is 0 Å². The second kappa shape index (κ2) is 3.41. The molecular formula is C10H9N3O. The summed E-state index contributed by atoms with van der Waals surface area (Å²) < 4.78 is 0. The maximum absolute atomic E-state index is 11.1. The minimum absolute atomic E-state index is 0.322. The zero-order valence-electron chi connectivity index (χ0n) is 7.69. The topological polar surface area (TPSA) is 58.6 Å². The predicted octanol–water partition coefficient (Wildman–Crippen LogP) is 1.14. The van der Waals surface area contributed by atoms with Crippen molar-refractivity contribution in [3.8, 4) is 11.3 Å². The van der Waals surface area contributed by atoms with Gasteiger partial charge in [-0.3, -0.25) is 4.98 Å². The smallest absolute Gasteiger partial charge is 0.310 e. The second-order valence-corrected chi connectivity index (χ2v) is 2.99. The predicted molar refractivity (Wildman–Crippen MR) is 52.8 cm³/mol. The standard InChI is InChI=1S/C10H9N3O/c1-7-6-9(13-10(14)12-7)8-2-4-11-5-3-8/h2-6H,1H3,(H,12,13,14). The quantitative estimate of drug-likeness (QED) is 0.728. The summed E-state index contributed by atoms with van der Waals surface area (Å²) in [4.78, 5) is 21.5. The van der Waals surface area contributed by atoms with E-state index in [0.29, 0.717) is 5.69 Å². The van der Waals surface area contributed by atoms with Crippen LogP contribution in [0, 0.1) is 6.92 Å². The van der Waals surface area contributed by atoms with Crippen LogP contribution in [-0.2, 0) is 0 Å². The average Bonchev–Trinajstić information content (AvgIpc) is 2.18. The molecule has 2 heterocycles. The van der Waals surface area contributed by atoms with Crippen molar-refractivity contribution in [1.82, 2.24) is 15.0 Å². The largest absolute Gasteiger partial charge is 0.345 e. The zero-order chi connectivity index (χ0) is 9.97. The average molecular weight is 187 g/mol. The Morgan fingerprint density at radius 1 is 1.29 bits per heavy atom. The van der Waals surface area contributed by atoms with Crippen molar-refractivity contribution in [2.45, 2.75) is 6.92 Å². The maximum atomic E-state index is 11.1.